The van der Waals surface area contributed by atoms with Crippen molar-refractivity contribution >= 4 is 34.6 Å². The lowest BCUT2D eigenvalue weighted by Gasteiger charge is -2.26. The monoisotopic (exact) mass is 381 g/mol. The van der Waals surface area contributed by atoms with Crippen LogP contribution in [0, 0.1) is 12.8 Å². The Balaban J connectivity index is 1.65. The van der Waals surface area contributed by atoms with Crippen molar-refractivity contribution in [2.24, 2.45) is 5.92 Å². The van der Waals surface area contributed by atoms with Crippen LogP contribution in [-0.4, -0.2) is 17.6 Å². The van der Waals surface area contributed by atoms with Gasteiger partial charge in [0.1, 0.15) is 0 Å². The summed E-state index contributed by atoms with van der Waals surface area (Å²) in [4.78, 5) is 13.7. The predicted molar refractivity (Wildman–Crippen MR) is 116 cm³/mol. The largest absolute Gasteiger partial charge is 0.355 e. The number of amides is 1. The number of nitrogens with zero attached hydrogens (tertiary/aromatic N) is 1. The number of anilines is 2. The van der Waals surface area contributed by atoms with Crippen molar-refractivity contribution in [2.45, 2.75) is 39.7 Å². The topological polar surface area (TPSA) is 44.4 Å². The molecule has 1 unspecified atom stereocenters. The summed E-state index contributed by atoms with van der Waals surface area (Å²) in [5, 5.41) is 7.32. The van der Waals surface area contributed by atoms with E-state index < -0.39 is 0 Å². The third-order valence-corrected chi connectivity index (χ3v) is 5.21. The third-order valence-electron chi connectivity index (χ3n) is 4.99. The number of benzene rings is 2. The van der Waals surface area contributed by atoms with E-state index in [1.807, 2.05) is 29.2 Å². The summed E-state index contributed by atoms with van der Waals surface area (Å²) in [6, 6.07) is 16.4. The standard InChI is InChI=1S/C22H27N3OS/c1-15(2)21(19-8-5-4-7-16(19)3)24-22(27)23-17-10-12-18(13-11-17)25-14-6-9-20(25)26/h4-5,7-8,10-13,15,21H,6,9,14H2,1-3H3,(H2,23,24,27). The lowest BCUT2D eigenvalue weighted by atomic mass is 9.93. The van der Waals surface area contributed by atoms with Gasteiger partial charge in [-0.2, -0.15) is 0 Å². The van der Waals surface area contributed by atoms with Crippen LogP contribution in [0.25, 0.3) is 0 Å². The number of hydrogen-bond donors (Lipinski definition) is 2. The number of aryl methyl sites for hydroxylation is 1. The molecule has 0 saturated carbocycles. The molecule has 0 aromatic heterocycles. The molecule has 0 bridgehead atoms. The molecule has 2 aromatic carbocycles. The minimum Gasteiger partial charge on any atom is -0.355 e. The van der Waals surface area contributed by atoms with Gasteiger partial charge >= 0.3 is 0 Å². The van der Waals surface area contributed by atoms with Gasteiger partial charge in [-0.3, -0.25) is 4.79 Å². The van der Waals surface area contributed by atoms with Gasteiger partial charge in [-0.15, -0.1) is 0 Å². The van der Waals surface area contributed by atoms with Gasteiger partial charge in [-0.25, -0.2) is 0 Å². The molecule has 1 heterocycles. The van der Waals surface area contributed by atoms with Crippen molar-refractivity contribution < 1.29 is 4.79 Å². The smallest absolute Gasteiger partial charge is 0.227 e. The zero-order valence-corrected chi connectivity index (χ0v) is 17.0. The summed E-state index contributed by atoms with van der Waals surface area (Å²) in [5.74, 6) is 0.598. The molecule has 1 aliphatic heterocycles. The highest BCUT2D eigenvalue weighted by molar-refractivity contribution is 7.80. The number of carbonyl (C=O) groups is 1. The molecule has 2 aromatic rings. The summed E-state index contributed by atoms with van der Waals surface area (Å²) in [6.07, 6.45) is 1.58. The second-order valence-corrected chi connectivity index (χ2v) is 7.78. The van der Waals surface area contributed by atoms with Gasteiger partial charge in [0.25, 0.3) is 0 Å². The molecule has 1 saturated heterocycles. The third kappa shape index (κ3) is 4.66. The number of nitrogens with one attached hydrogen (secondary N) is 2. The summed E-state index contributed by atoms with van der Waals surface area (Å²) in [5.41, 5.74) is 4.38. The van der Waals surface area contributed by atoms with Gasteiger partial charge in [0.15, 0.2) is 5.11 Å². The van der Waals surface area contributed by atoms with Gasteiger partial charge in [0.05, 0.1) is 6.04 Å². The van der Waals surface area contributed by atoms with E-state index in [0.717, 1.165) is 24.3 Å². The Hall–Kier alpha value is -2.40. The van der Waals surface area contributed by atoms with Gasteiger partial charge < -0.3 is 15.5 Å². The zero-order chi connectivity index (χ0) is 19.4. The molecule has 4 nitrogen and oxygen atoms in total. The van der Waals surface area contributed by atoms with Gasteiger partial charge in [-0.1, -0.05) is 38.1 Å². The lowest BCUT2D eigenvalue weighted by Crippen LogP contribution is -2.35. The van der Waals surface area contributed by atoms with Crippen molar-refractivity contribution in [1.82, 2.24) is 5.32 Å². The van der Waals surface area contributed by atoms with Crippen molar-refractivity contribution in [3.05, 3.63) is 59.7 Å². The number of thiocarbonyl (C=S) groups is 1. The van der Waals surface area contributed by atoms with Gasteiger partial charge in [0, 0.05) is 24.3 Å². The van der Waals surface area contributed by atoms with Gasteiger partial charge in [0.2, 0.25) is 5.91 Å². The summed E-state index contributed by atoms with van der Waals surface area (Å²) >= 11 is 5.55. The van der Waals surface area contributed by atoms with Gasteiger partial charge in [-0.05, 0) is 66.9 Å². The minimum absolute atomic E-state index is 0.146. The number of hydrogen-bond acceptors (Lipinski definition) is 2. The molecule has 1 atom stereocenters. The Bertz CT molecular complexity index is 817. The van der Waals surface area contributed by atoms with Crippen LogP contribution in [-0.2, 0) is 4.79 Å². The molecule has 5 heteroatoms. The normalized spacial score (nSPS) is 15.1. The second kappa shape index (κ2) is 8.53. The zero-order valence-electron chi connectivity index (χ0n) is 16.2. The maximum atomic E-state index is 11.9. The maximum absolute atomic E-state index is 11.9. The van der Waals surface area contributed by atoms with Crippen molar-refractivity contribution in [3.8, 4) is 0 Å². The van der Waals surface area contributed by atoms with Crippen molar-refractivity contribution in [3.63, 3.8) is 0 Å². The first-order chi connectivity index (χ1) is 13.0. The summed E-state index contributed by atoms with van der Waals surface area (Å²) in [6.45, 7) is 7.31. The molecule has 142 valence electrons. The first-order valence-corrected chi connectivity index (χ1v) is 9.90. The molecule has 1 aliphatic rings. The molecule has 0 spiro atoms. The molecule has 0 aliphatic carbocycles. The van der Waals surface area contributed by atoms with Crippen LogP contribution in [0.3, 0.4) is 0 Å². The quantitative estimate of drug-likeness (QED) is 0.730. The molecule has 27 heavy (non-hydrogen) atoms. The van der Waals surface area contributed by atoms with E-state index in [1.54, 1.807) is 0 Å². The molecule has 2 N–H and O–H groups in total. The van der Waals surface area contributed by atoms with Crippen LogP contribution < -0.4 is 15.5 Å². The lowest BCUT2D eigenvalue weighted by molar-refractivity contribution is -0.117. The van der Waals surface area contributed by atoms with E-state index in [4.69, 9.17) is 12.2 Å². The fourth-order valence-electron chi connectivity index (χ4n) is 3.49. The van der Waals surface area contributed by atoms with Crippen LogP contribution in [0.1, 0.15) is 43.9 Å². The molecule has 1 amide bonds. The Morgan fingerprint density at radius 2 is 1.81 bits per heavy atom. The van der Waals surface area contributed by atoms with Crippen molar-refractivity contribution in [2.75, 3.05) is 16.8 Å². The van der Waals surface area contributed by atoms with E-state index in [-0.39, 0.29) is 11.9 Å². The molecular formula is C22H27N3OS. The Morgan fingerprint density at radius 3 is 2.41 bits per heavy atom. The van der Waals surface area contributed by atoms with E-state index in [0.29, 0.717) is 17.5 Å². The SMILES string of the molecule is Cc1ccccc1C(NC(=S)Nc1ccc(N2CCCC2=O)cc1)C(C)C. The average molecular weight is 382 g/mol. The highest BCUT2D eigenvalue weighted by Crippen LogP contribution is 2.26. The van der Waals surface area contributed by atoms with Crippen LogP contribution >= 0.6 is 12.2 Å². The molecule has 0 radical (unpaired) electrons. The Kier molecular flexibility index (Phi) is 6.11. The first kappa shape index (κ1) is 19.4. The molecule has 1 fully saturated rings. The summed E-state index contributed by atoms with van der Waals surface area (Å²) in [7, 11) is 0. The van der Waals surface area contributed by atoms with Crippen LogP contribution in [0.4, 0.5) is 11.4 Å². The minimum atomic E-state index is 0.146. The first-order valence-electron chi connectivity index (χ1n) is 9.49. The molecule has 3 rings (SSSR count). The number of carbonyl (C=O) groups excluding carboxylic acids is 1. The fraction of sp³-hybridized carbons (Fsp3) is 0.364. The average Bonchev–Trinajstić information content (AvgIpc) is 3.07. The van der Waals surface area contributed by atoms with E-state index in [9.17, 15) is 4.79 Å². The molecular weight excluding hydrogens is 354 g/mol. The number of rotatable bonds is 5. The van der Waals surface area contributed by atoms with Crippen LogP contribution in [0.15, 0.2) is 48.5 Å². The maximum Gasteiger partial charge on any atom is 0.227 e. The van der Waals surface area contributed by atoms with Crippen molar-refractivity contribution in [1.29, 1.82) is 0 Å². The summed E-state index contributed by atoms with van der Waals surface area (Å²) < 4.78 is 0. The predicted octanol–water partition coefficient (Wildman–Crippen LogP) is 4.81. The van der Waals surface area contributed by atoms with Crippen LogP contribution in [0.2, 0.25) is 0 Å². The second-order valence-electron chi connectivity index (χ2n) is 7.37. The Labute approximate surface area is 167 Å². The highest BCUT2D eigenvalue weighted by Gasteiger charge is 2.21. The highest BCUT2D eigenvalue weighted by atomic mass is 32.1. The Morgan fingerprint density at radius 1 is 1.11 bits per heavy atom. The van der Waals surface area contributed by atoms with E-state index >= 15 is 0 Å². The van der Waals surface area contributed by atoms with Crippen LogP contribution in [0.5, 0.6) is 0 Å². The van der Waals surface area contributed by atoms with E-state index in [1.165, 1.54) is 11.1 Å². The fourth-order valence-corrected chi connectivity index (χ4v) is 3.74. The van der Waals surface area contributed by atoms with E-state index in [2.05, 4.69) is 55.7 Å².